The number of aliphatic hydroxyl groups excluding tert-OH is 2. The van der Waals surface area contributed by atoms with E-state index in [-0.39, 0.29) is 36.2 Å². The van der Waals surface area contributed by atoms with Crippen LogP contribution in [-0.4, -0.2) is 72.2 Å². The number of nitrogens with one attached hydrogen (secondary N) is 1. The van der Waals surface area contributed by atoms with Gasteiger partial charge in [-0.15, -0.1) is 0 Å². The minimum Gasteiger partial charge on any atom is -0.445 e. The second-order valence-corrected chi connectivity index (χ2v) is 11.1. The van der Waals surface area contributed by atoms with Crippen LogP contribution in [0.2, 0.25) is 0 Å². The summed E-state index contributed by atoms with van der Waals surface area (Å²) < 4.78 is 11.3. The number of anilines is 1. The van der Waals surface area contributed by atoms with Gasteiger partial charge in [-0.3, -0.25) is 10.1 Å². The van der Waals surface area contributed by atoms with Gasteiger partial charge < -0.3 is 24.6 Å². The molecule has 1 aromatic rings. The Balaban J connectivity index is 1.48. The van der Waals surface area contributed by atoms with E-state index in [0.717, 1.165) is 12.0 Å². The van der Waals surface area contributed by atoms with Gasteiger partial charge in [0.05, 0.1) is 25.9 Å². The van der Waals surface area contributed by atoms with Crippen LogP contribution in [0, 0.1) is 29.6 Å². The first-order chi connectivity index (χ1) is 16.7. The third kappa shape index (κ3) is 5.20. The average Bonchev–Trinajstić information content (AvgIpc) is 2.85. The van der Waals surface area contributed by atoms with E-state index in [4.69, 9.17) is 9.47 Å². The fraction of sp³-hybridized carbons (Fsp3) is 0.704. The Kier molecular flexibility index (Phi) is 7.74. The van der Waals surface area contributed by atoms with Crippen LogP contribution >= 0.6 is 0 Å². The number of aliphatic hydroxyl groups is 2. The largest absolute Gasteiger partial charge is 0.445 e. The Morgan fingerprint density at radius 1 is 1.14 bits per heavy atom. The van der Waals surface area contributed by atoms with Crippen molar-refractivity contribution in [2.45, 2.75) is 65.1 Å². The summed E-state index contributed by atoms with van der Waals surface area (Å²) in [6, 6.07) is 7.51. The summed E-state index contributed by atoms with van der Waals surface area (Å²) in [7, 11) is 0. The highest BCUT2D eigenvalue weighted by Crippen LogP contribution is 2.61. The van der Waals surface area contributed by atoms with Crippen molar-refractivity contribution in [3.63, 3.8) is 0 Å². The minimum absolute atomic E-state index is 0.0109. The molecule has 1 saturated heterocycles. The lowest BCUT2D eigenvalue weighted by atomic mass is 9.46. The predicted molar refractivity (Wildman–Crippen MR) is 132 cm³/mol. The fourth-order valence-corrected chi connectivity index (χ4v) is 6.82. The zero-order chi connectivity index (χ0) is 25.2. The molecular formula is C27H40N2O6. The van der Waals surface area contributed by atoms with Crippen molar-refractivity contribution >= 4 is 17.7 Å². The number of amides is 2. The van der Waals surface area contributed by atoms with Gasteiger partial charge in [0.15, 0.2) is 0 Å². The number of fused-ring (bicyclic) bond motifs is 1. The number of carbonyl (C=O) groups excluding carboxylic acids is 2. The molecule has 194 valence electrons. The van der Waals surface area contributed by atoms with Crippen molar-refractivity contribution in [1.29, 1.82) is 0 Å². The second kappa shape index (κ2) is 10.4. The van der Waals surface area contributed by atoms with Gasteiger partial charge in [-0.2, -0.15) is 0 Å². The first-order valence-corrected chi connectivity index (χ1v) is 12.9. The molecule has 1 heterocycles. The van der Waals surface area contributed by atoms with Gasteiger partial charge in [0, 0.05) is 30.6 Å². The Labute approximate surface area is 208 Å². The molecule has 3 N–H and O–H groups in total. The van der Waals surface area contributed by atoms with Crippen molar-refractivity contribution in [1.82, 2.24) is 4.90 Å². The number of aryl methyl sites for hydroxylation is 1. The molecule has 4 rings (SSSR count). The lowest BCUT2D eigenvalue weighted by molar-refractivity contribution is -0.187. The third-order valence-corrected chi connectivity index (χ3v) is 8.98. The maximum Gasteiger partial charge on any atom is 0.411 e. The van der Waals surface area contributed by atoms with Crippen molar-refractivity contribution in [2.24, 2.45) is 22.7 Å². The van der Waals surface area contributed by atoms with Crippen LogP contribution in [0.1, 0.15) is 51.5 Å². The highest BCUT2D eigenvalue weighted by molar-refractivity contribution is 5.84. The third-order valence-electron chi connectivity index (χ3n) is 8.98. The van der Waals surface area contributed by atoms with Gasteiger partial charge in [-0.05, 0) is 62.0 Å². The summed E-state index contributed by atoms with van der Waals surface area (Å²) in [5, 5.41) is 24.4. The Morgan fingerprint density at radius 3 is 2.49 bits per heavy atom. The molecule has 0 unspecified atom stereocenters. The standard InChI is InChI=1S/C27H40N2O6/c1-18-4-6-19(7-5-18)28-25(33)35-23-10-11-26(2)20(16-24(32)29-12-14-34-15-13-29)21(31)8-9-22(26)27(23,3)17-30/h4-7,20-23,30-31H,8-17H2,1-3H3,(H,28,33)/t20-,21-,22+,23+,26-,27+/m1/s1. The van der Waals surface area contributed by atoms with E-state index in [2.05, 4.69) is 12.2 Å². The van der Waals surface area contributed by atoms with Crippen LogP contribution in [0.5, 0.6) is 0 Å². The number of rotatable bonds is 5. The summed E-state index contributed by atoms with van der Waals surface area (Å²) in [6.45, 7) is 8.25. The van der Waals surface area contributed by atoms with Crippen molar-refractivity contribution in [3.8, 4) is 0 Å². The molecule has 8 nitrogen and oxygen atoms in total. The Bertz CT molecular complexity index is 901. The summed E-state index contributed by atoms with van der Waals surface area (Å²) in [6.07, 6.45) is 1.31. The monoisotopic (exact) mass is 488 g/mol. The lowest BCUT2D eigenvalue weighted by Gasteiger charge is -2.60. The molecule has 0 radical (unpaired) electrons. The molecule has 2 amide bonds. The first-order valence-electron chi connectivity index (χ1n) is 12.9. The lowest BCUT2D eigenvalue weighted by Crippen LogP contribution is -2.61. The van der Waals surface area contributed by atoms with Crippen LogP contribution < -0.4 is 5.32 Å². The molecule has 2 aliphatic carbocycles. The first kappa shape index (κ1) is 25.9. The van der Waals surface area contributed by atoms with Crippen molar-refractivity contribution < 1.29 is 29.3 Å². The van der Waals surface area contributed by atoms with Crippen LogP contribution in [0.3, 0.4) is 0 Å². The molecule has 0 spiro atoms. The summed E-state index contributed by atoms with van der Waals surface area (Å²) in [5.74, 6) is -0.137. The molecule has 35 heavy (non-hydrogen) atoms. The van der Waals surface area contributed by atoms with E-state index in [0.29, 0.717) is 51.3 Å². The number of hydrogen-bond acceptors (Lipinski definition) is 6. The van der Waals surface area contributed by atoms with Gasteiger partial charge in [0.25, 0.3) is 0 Å². The molecular weight excluding hydrogens is 448 g/mol. The smallest absolute Gasteiger partial charge is 0.411 e. The van der Waals surface area contributed by atoms with Crippen LogP contribution in [0.25, 0.3) is 0 Å². The van der Waals surface area contributed by atoms with Crippen LogP contribution in [0.4, 0.5) is 10.5 Å². The second-order valence-electron chi connectivity index (χ2n) is 11.1. The number of nitrogens with zero attached hydrogens (tertiary/aromatic N) is 1. The molecule has 6 atom stereocenters. The van der Waals surface area contributed by atoms with E-state index in [1.165, 1.54) is 0 Å². The normalized spacial score (nSPS) is 35.2. The fourth-order valence-electron chi connectivity index (χ4n) is 6.82. The molecule has 0 aromatic heterocycles. The van der Waals surface area contributed by atoms with Gasteiger partial charge in [0.1, 0.15) is 6.10 Å². The Morgan fingerprint density at radius 2 is 1.83 bits per heavy atom. The molecule has 3 fully saturated rings. The van der Waals surface area contributed by atoms with E-state index < -0.39 is 23.7 Å². The Hall–Kier alpha value is -2.16. The highest BCUT2D eigenvalue weighted by Gasteiger charge is 2.60. The summed E-state index contributed by atoms with van der Waals surface area (Å²) in [5.41, 5.74) is 0.751. The number of morpholine rings is 1. The molecule has 1 aliphatic heterocycles. The van der Waals surface area contributed by atoms with Gasteiger partial charge in [-0.1, -0.05) is 31.5 Å². The van der Waals surface area contributed by atoms with E-state index >= 15 is 0 Å². The molecule has 0 bridgehead atoms. The number of hydrogen-bond donors (Lipinski definition) is 3. The molecule has 3 aliphatic rings. The van der Waals surface area contributed by atoms with E-state index in [1.807, 2.05) is 43.0 Å². The number of benzene rings is 1. The van der Waals surface area contributed by atoms with E-state index in [9.17, 15) is 19.8 Å². The minimum atomic E-state index is -0.669. The number of carbonyl (C=O) groups is 2. The quantitative estimate of drug-likeness (QED) is 0.587. The summed E-state index contributed by atoms with van der Waals surface area (Å²) in [4.78, 5) is 27.7. The zero-order valence-corrected chi connectivity index (χ0v) is 21.2. The van der Waals surface area contributed by atoms with Gasteiger partial charge in [-0.25, -0.2) is 4.79 Å². The molecule has 2 saturated carbocycles. The number of ether oxygens (including phenoxy) is 2. The SMILES string of the molecule is Cc1ccc(NC(=O)O[C@H]2CC[C@@]3(C)[C@H](CC[C@@H](O)[C@H]3CC(=O)N3CCOCC3)[C@]2(C)CO)cc1. The zero-order valence-electron chi connectivity index (χ0n) is 21.2. The molecule has 1 aromatic carbocycles. The highest BCUT2D eigenvalue weighted by atomic mass is 16.6. The molecule has 8 heteroatoms. The van der Waals surface area contributed by atoms with Crippen molar-refractivity contribution in [2.75, 3.05) is 38.2 Å². The van der Waals surface area contributed by atoms with Gasteiger partial charge in [0.2, 0.25) is 5.91 Å². The maximum atomic E-state index is 13.1. The van der Waals surface area contributed by atoms with E-state index in [1.54, 1.807) is 0 Å². The topological polar surface area (TPSA) is 108 Å². The predicted octanol–water partition coefficient (Wildman–Crippen LogP) is 3.35. The van der Waals surface area contributed by atoms with Crippen LogP contribution in [-0.2, 0) is 14.3 Å². The average molecular weight is 489 g/mol. The summed E-state index contributed by atoms with van der Waals surface area (Å²) >= 11 is 0. The maximum absolute atomic E-state index is 13.1. The van der Waals surface area contributed by atoms with Gasteiger partial charge >= 0.3 is 6.09 Å². The van der Waals surface area contributed by atoms with Crippen molar-refractivity contribution in [3.05, 3.63) is 29.8 Å². The van der Waals surface area contributed by atoms with Crippen LogP contribution in [0.15, 0.2) is 24.3 Å².